The van der Waals surface area contributed by atoms with Crippen LogP contribution in [-0.2, 0) is 9.53 Å². The summed E-state index contributed by atoms with van der Waals surface area (Å²) in [4.78, 5) is 22.6. The van der Waals surface area contributed by atoms with Crippen molar-refractivity contribution in [3.8, 4) is 0 Å². The van der Waals surface area contributed by atoms with Crippen molar-refractivity contribution in [1.29, 1.82) is 0 Å². The fraction of sp³-hybridized carbons (Fsp3) is 0.429. The van der Waals surface area contributed by atoms with E-state index in [0.29, 0.717) is 0 Å². The lowest BCUT2D eigenvalue weighted by Gasteiger charge is -2.23. The number of amides is 1. The van der Waals surface area contributed by atoms with E-state index in [1.165, 1.54) is 12.1 Å². The van der Waals surface area contributed by atoms with Crippen LogP contribution in [0.1, 0.15) is 38.8 Å². The molecule has 1 aromatic carbocycles. The molecule has 1 aromatic rings. The van der Waals surface area contributed by atoms with Gasteiger partial charge in [-0.2, -0.15) is 0 Å². The highest BCUT2D eigenvalue weighted by Gasteiger charge is 2.24. The van der Waals surface area contributed by atoms with E-state index in [2.05, 4.69) is 5.32 Å². The summed E-state index contributed by atoms with van der Waals surface area (Å²) in [5, 5.41) is 11.4. The molecule has 0 saturated heterocycles. The lowest BCUT2D eigenvalue weighted by atomic mass is 10.0. The molecule has 1 atom stereocenters. The summed E-state index contributed by atoms with van der Waals surface area (Å²) in [6.45, 7) is 5.00. The number of carboxylic acids is 1. The fourth-order valence-electron chi connectivity index (χ4n) is 1.65. The van der Waals surface area contributed by atoms with E-state index < -0.39 is 35.9 Å². The standard InChI is InChI=1S/C14H17ClFNO4/c1-14(2,3)21-13(20)17-11(7-12(18)19)9-5-4-8(15)6-10(9)16/h4-6,11H,7H2,1-3H3,(H,17,20)(H,18,19). The first-order valence-electron chi connectivity index (χ1n) is 6.25. The molecular weight excluding hydrogens is 301 g/mol. The van der Waals surface area contributed by atoms with Crippen LogP contribution in [0.4, 0.5) is 9.18 Å². The fourth-order valence-corrected chi connectivity index (χ4v) is 1.81. The molecule has 0 aliphatic rings. The van der Waals surface area contributed by atoms with Crippen LogP contribution in [0.25, 0.3) is 0 Å². The molecule has 1 unspecified atom stereocenters. The van der Waals surface area contributed by atoms with Crippen LogP contribution in [-0.4, -0.2) is 22.8 Å². The molecule has 5 nitrogen and oxygen atoms in total. The number of rotatable bonds is 4. The number of carboxylic acid groups (broad SMARTS) is 1. The molecule has 0 aromatic heterocycles. The molecule has 2 N–H and O–H groups in total. The number of halogens is 2. The van der Waals surface area contributed by atoms with Crippen LogP contribution in [0.2, 0.25) is 5.02 Å². The number of ether oxygens (including phenoxy) is 1. The average Bonchev–Trinajstić information content (AvgIpc) is 2.24. The van der Waals surface area contributed by atoms with E-state index in [-0.39, 0.29) is 10.6 Å². The highest BCUT2D eigenvalue weighted by Crippen LogP contribution is 2.24. The normalized spacial score (nSPS) is 12.6. The average molecular weight is 318 g/mol. The van der Waals surface area contributed by atoms with Crippen LogP contribution < -0.4 is 5.32 Å². The first-order valence-corrected chi connectivity index (χ1v) is 6.62. The van der Waals surface area contributed by atoms with Crippen molar-refractivity contribution in [2.45, 2.75) is 38.8 Å². The molecule has 7 heteroatoms. The minimum absolute atomic E-state index is 0.0349. The van der Waals surface area contributed by atoms with Gasteiger partial charge in [-0.05, 0) is 32.9 Å². The molecule has 0 heterocycles. The van der Waals surface area contributed by atoms with E-state index >= 15 is 0 Å². The topological polar surface area (TPSA) is 75.6 Å². The number of nitrogens with one attached hydrogen (secondary N) is 1. The second-order valence-electron chi connectivity index (χ2n) is 5.46. The number of benzene rings is 1. The number of carbonyl (C=O) groups is 2. The summed E-state index contributed by atoms with van der Waals surface area (Å²) >= 11 is 5.65. The Bertz CT molecular complexity index is 542. The molecule has 0 aliphatic carbocycles. The lowest BCUT2D eigenvalue weighted by Crippen LogP contribution is -2.36. The van der Waals surface area contributed by atoms with Crippen molar-refractivity contribution >= 4 is 23.7 Å². The number of carbonyl (C=O) groups excluding carboxylic acids is 1. The summed E-state index contributed by atoms with van der Waals surface area (Å²) < 4.78 is 18.9. The number of alkyl carbamates (subject to hydrolysis) is 1. The minimum Gasteiger partial charge on any atom is -0.481 e. The molecule has 0 fully saturated rings. The van der Waals surface area contributed by atoms with Crippen LogP contribution >= 0.6 is 11.6 Å². The molecule has 0 saturated carbocycles. The second-order valence-corrected chi connectivity index (χ2v) is 5.90. The Hall–Kier alpha value is -1.82. The number of aliphatic carboxylic acids is 1. The van der Waals surface area contributed by atoms with Gasteiger partial charge < -0.3 is 15.2 Å². The van der Waals surface area contributed by atoms with Crippen molar-refractivity contribution in [2.75, 3.05) is 0 Å². The zero-order chi connectivity index (χ0) is 16.2. The van der Waals surface area contributed by atoms with Gasteiger partial charge in [-0.25, -0.2) is 9.18 Å². The molecule has 1 rings (SSSR count). The van der Waals surface area contributed by atoms with Crippen molar-refractivity contribution in [1.82, 2.24) is 5.32 Å². The Morgan fingerprint density at radius 3 is 2.52 bits per heavy atom. The summed E-state index contributed by atoms with van der Waals surface area (Å²) in [6, 6.07) is 2.77. The summed E-state index contributed by atoms with van der Waals surface area (Å²) in [7, 11) is 0. The third-order valence-corrected chi connectivity index (χ3v) is 2.64. The molecule has 0 aliphatic heterocycles. The largest absolute Gasteiger partial charge is 0.481 e. The number of hydrogen-bond acceptors (Lipinski definition) is 3. The summed E-state index contributed by atoms with van der Waals surface area (Å²) in [5.74, 6) is -1.87. The van der Waals surface area contributed by atoms with Crippen molar-refractivity contribution < 1.29 is 23.8 Å². The Kier molecular flexibility index (Phi) is 5.54. The van der Waals surface area contributed by atoms with Gasteiger partial charge in [0.2, 0.25) is 0 Å². The molecular formula is C14H17ClFNO4. The van der Waals surface area contributed by atoms with E-state index in [0.717, 1.165) is 6.07 Å². The van der Waals surface area contributed by atoms with Gasteiger partial charge in [-0.3, -0.25) is 4.79 Å². The molecule has 0 bridgehead atoms. The van der Waals surface area contributed by atoms with E-state index in [1.54, 1.807) is 20.8 Å². The highest BCUT2D eigenvalue weighted by atomic mass is 35.5. The SMILES string of the molecule is CC(C)(C)OC(=O)NC(CC(=O)O)c1ccc(Cl)cc1F. The van der Waals surface area contributed by atoms with Gasteiger partial charge in [0, 0.05) is 10.6 Å². The van der Waals surface area contributed by atoms with Gasteiger partial charge in [0.1, 0.15) is 11.4 Å². The van der Waals surface area contributed by atoms with Gasteiger partial charge in [0.05, 0.1) is 12.5 Å². The third kappa shape index (κ3) is 5.99. The van der Waals surface area contributed by atoms with Crippen molar-refractivity contribution in [2.24, 2.45) is 0 Å². The quantitative estimate of drug-likeness (QED) is 0.891. The Labute approximate surface area is 127 Å². The zero-order valence-electron chi connectivity index (χ0n) is 11.9. The predicted octanol–water partition coefficient (Wildman–Crippen LogP) is 3.52. The Morgan fingerprint density at radius 2 is 2.05 bits per heavy atom. The van der Waals surface area contributed by atoms with Gasteiger partial charge in [-0.15, -0.1) is 0 Å². The maximum absolute atomic E-state index is 13.9. The Morgan fingerprint density at radius 1 is 1.43 bits per heavy atom. The van der Waals surface area contributed by atoms with Gasteiger partial charge >= 0.3 is 12.1 Å². The number of hydrogen-bond donors (Lipinski definition) is 2. The maximum atomic E-state index is 13.9. The van der Waals surface area contributed by atoms with Crippen LogP contribution in [0.5, 0.6) is 0 Å². The smallest absolute Gasteiger partial charge is 0.408 e. The van der Waals surface area contributed by atoms with Crippen LogP contribution in [0, 0.1) is 5.82 Å². The molecule has 21 heavy (non-hydrogen) atoms. The molecule has 0 spiro atoms. The van der Waals surface area contributed by atoms with Gasteiger partial charge in [0.25, 0.3) is 0 Å². The molecule has 0 radical (unpaired) electrons. The third-order valence-electron chi connectivity index (χ3n) is 2.41. The second kappa shape index (κ2) is 6.76. The molecule has 116 valence electrons. The monoisotopic (exact) mass is 317 g/mol. The molecule has 1 amide bonds. The minimum atomic E-state index is -1.18. The van der Waals surface area contributed by atoms with Crippen LogP contribution in [0.15, 0.2) is 18.2 Å². The lowest BCUT2D eigenvalue weighted by molar-refractivity contribution is -0.137. The predicted molar refractivity (Wildman–Crippen MR) is 75.8 cm³/mol. The van der Waals surface area contributed by atoms with Crippen molar-refractivity contribution in [3.05, 3.63) is 34.6 Å². The summed E-state index contributed by atoms with van der Waals surface area (Å²) in [5.41, 5.74) is -0.705. The first kappa shape index (κ1) is 17.2. The highest BCUT2D eigenvalue weighted by molar-refractivity contribution is 6.30. The van der Waals surface area contributed by atoms with E-state index in [4.69, 9.17) is 21.4 Å². The van der Waals surface area contributed by atoms with Crippen LogP contribution in [0.3, 0.4) is 0 Å². The van der Waals surface area contributed by atoms with Gasteiger partial charge in [0.15, 0.2) is 0 Å². The summed E-state index contributed by atoms with van der Waals surface area (Å²) in [6.07, 6.45) is -1.29. The van der Waals surface area contributed by atoms with Gasteiger partial charge in [-0.1, -0.05) is 17.7 Å². The van der Waals surface area contributed by atoms with E-state index in [1.807, 2.05) is 0 Å². The Balaban J connectivity index is 2.95. The first-order chi connectivity index (χ1) is 9.58. The van der Waals surface area contributed by atoms with E-state index in [9.17, 15) is 14.0 Å². The van der Waals surface area contributed by atoms with Crippen molar-refractivity contribution in [3.63, 3.8) is 0 Å². The zero-order valence-corrected chi connectivity index (χ0v) is 12.7. The maximum Gasteiger partial charge on any atom is 0.408 e.